The molecular weight excluding hydrogens is 204 g/mol. The monoisotopic (exact) mass is 224 g/mol. The molecule has 1 saturated heterocycles. The first kappa shape index (κ1) is 11.6. The van der Waals surface area contributed by atoms with Gasteiger partial charge in [0.2, 0.25) is 0 Å². The normalized spacial score (nSPS) is 25.5. The maximum absolute atomic E-state index is 9.42. The van der Waals surface area contributed by atoms with Crippen molar-refractivity contribution in [2.24, 2.45) is 0 Å². The molecule has 2 unspecified atom stereocenters. The molecule has 2 N–H and O–H groups in total. The number of nitrogens with one attached hydrogen (secondary N) is 1. The van der Waals surface area contributed by atoms with Crippen LogP contribution in [-0.2, 0) is 6.54 Å². The van der Waals surface area contributed by atoms with Crippen molar-refractivity contribution in [3.8, 4) is 0 Å². The van der Waals surface area contributed by atoms with Gasteiger partial charge in [0, 0.05) is 31.2 Å². The fourth-order valence-corrected chi connectivity index (χ4v) is 2.24. The lowest BCUT2D eigenvalue weighted by atomic mass is 10.2. The van der Waals surface area contributed by atoms with Gasteiger partial charge in [0.15, 0.2) is 0 Å². The van der Waals surface area contributed by atoms with Gasteiger partial charge in [-0.1, -0.05) is 0 Å². The highest BCUT2D eigenvalue weighted by Crippen LogP contribution is 2.13. The molecule has 2 atom stereocenters. The first-order valence-electron chi connectivity index (χ1n) is 5.78. The lowest BCUT2D eigenvalue weighted by molar-refractivity contribution is 0.189. The zero-order chi connectivity index (χ0) is 11.5. The molecule has 1 aromatic heterocycles. The summed E-state index contributed by atoms with van der Waals surface area (Å²) in [6, 6.07) is 2.43. The van der Waals surface area contributed by atoms with Gasteiger partial charge in [0.1, 0.15) is 5.76 Å². The predicted molar refractivity (Wildman–Crippen MR) is 62.2 cm³/mol. The summed E-state index contributed by atoms with van der Waals surface area (Å²) in [6.45, 7) is 4.57. The number of hydrogen-bond acceptors (Lipinski definition) is 4. The Morgan fingerprint density at radius 1 is 1.62 bits per heavy atom. The van der Waals surface area contributed by atoms with Crippen molar-refractivity contribution in [3.63, 3.8) is 0 Å². The van der Waals surface area contributed by atoms with Crippen LogP contribution in [-0.4, -0.2) is 42.3 Å². The van der Waals surface area contributed by atoms with E-state index in [1.54, 1.807) is 6.26 Å². The summed E-state index contributed by atoms with van der Waals surface area (Å²) in [5.74, 6) is 0.992. The SMILES string of the molecule is Cc1occc1CN(C)CC1CC(O)CN1. The first-order chi connectivity index (χ1) is 7.65. The molecule has 0 aliphatic carbocycles. The number of β-amino-alcohol motifs (C(OH)–C–C–N with tert-alkyl or cyclic N) is 1. The minimum absolute atomic E-state index is 0.172. The van der Waals surface area contributed by atoms with Crippen LogP contribution in [0.3, 0.4) is 0 Å². The fourth-order valence-electron chi connectivity index (χ4n) is 2.24. The molecule has 4 heteroatoms. The molecule has 1 aliphatic heterocycles. The van der Waals surface area contributed by atoms with Crippen LogP contribution in [0.25, 0.3) is 0 Å². The van der Waals surface area contributed by atoms with Crippen LogP contribution >= 0.6 is 0 Å². The molecule has 16 heavy (non-hydrogen) atoms. The van der Waals surface area contributed by atoms with Crippen molar-refractivity contribution in [3.05, 3.63) is 23.7 Å². The van der Waals surface area contributed by atoms with E-state index in [2.05, 4.69) is 17.3 Å². The quantitative estimate of drug-likeness (QED) is 0.792. The lowest BCUT2D eigenvalue weighted by Gasteiger charge is -2.20. The Balaban J connectivity index is 1.80. The highest BCUT2D eigenvalue weighted by atomic mass is 16.3. The Hall–Kier alpha value is -0.840. The molecule has 90 valence electrons. The highest BCUT2D eigenvalue weighted by molar-refractivity contribution is 5.15. The maximum Gasteiger partial charge on any atom is 0.105 e. The average molecular weight is 224 g/mol. The van der Waals surface area contributed by atoms with E-state index in [0.29, 0.717) is 6.04 Å². The third kappa shape index (κ3) is 2.84. The average Bonchev–Trinajstić information content (AvgIpc) is 2.77. The predicted octanol–water partition coefficient (Wildman–Crippen LogP) is 0.743. The minimum atomic E-state index is -0.172. The van der Waals surface area contributed by atoms with Crippen molar-refractivity contribution in [2.75, 3.05) is 20.1 Å². The van der Waals surface area contributed by atoms with Crippen LogP contribution in [0.4, 0.5) is 0 Å². The molecule has 2 heterocycles. The first-order valence-corrected chi connectivity index (χ1v) is 5.78. The zero-order valence-electron chi connectivity index (χ0n) is 9.94. The summed E-state index contributed by atoms with van der Waals surface area (Å²) in [5.41, 5.74) is 1.24. The molecule has 0 aromatic carbocycles. The number of aryl methyl sites for hydroxylation is 1. The molecular formula is C12H20N2O2. The fraction of sp³-hybridized carbons (Fsp3) is 0.667. The maximum atomic E-state index is 9.42. The molecule has 0 bridgehead atoms. The van der Waals surface area contributed by atoms with E-state index >= 15 is 0 Å². The van der Waals surface area contributed by atoms with Gasteiger partial charge < -0.3 is 19.7 Å². The third-order valence-corrected chi connectivity index (χ3v) is 3.14. The van der Waals surface area contributed by atoms with Gasteiger partial charge in [-0.2, -0.15) is 0 Å². The largest absolute Gasteiger partial charge is 0.469 e. The van der Waals surface area contributed by atoms with Gasteiger partial charge >= 0.3 is 0 Å². The molecule has 0 saturated carbocycles. The van der Waals surface area contributed by atoms with Crippen molar-refractivity contribution < 1.29 is 9.52 Å². The molecule has 0 radical (unpaired) electrons. The Morgan fingerprint density at radius 3 is 3.00 bits per heavy atom. The molecule has 0 spiro atoms. The Morgan fingerprint density at radius 2 is 2.44 bits per heavy atom. The van der Waals surface area contributed by atoms with Crippen molar-refractivity contribution in [1.29, 1.82) is 0 Å². The Kier molecular flexibility index (Phi) is 3.63. The van der Waals surface area contributed by atoms with Crippen LogP contribution in [0.2, 0.25) is 0 Å². The summed E-state index contributed by atoms with van der Waals surface area (Å²) in [4.78, 5) is 2.26. The van der Waals surface area contributed by atoms with Crippen molar-refractivity contribution in [1.82, 2.24) is 10.2 Å². The second-order valence-corrected chi connectivity index (χ2v) is 4.69. The van der Waals surface area contributed by atoms with Crippen LogP contribution in [0.1, 0.15) is 17.7 Å². The third-order valence-electron chi connectivity index (χ3n) is 3.14. The summed E-state index contributed by atoms with van der Waals surface area (Å²) in [7, 11) is 2.10. The van der Waals surface area contributed by atoms with Gasteiger partial charge in [-0.15, -0.1) is 0 Å². The van der Waals surface area contributed by atoms with Crippen molar-refractivity contribution >= 4 is 0 Å². The number of aliphatic hydroxyl groups excluding tert-OH is 1. The summed E-state index contributed by atoms with van der Waals surface area (Å²) in [6.07, 6.45) is 2.42. The van der Waals surface area contributed by atoms with E-state index in [4.69, 9.17) is 4.42 Å². The molecule has 1 fully saturated rings. The van der Waals surface area contributed by atoms with Gasteiger partial charge in [-0.25, -0.2) is 0 Å². The number of rotatable bonds is 4. The van der Waals surface area contributed by atoms with Crippen LogP contribution in [0.5, 0.6) is 0 Å². The van der Waals surface area contributed by atoms with Gasteiger partial charge in [0.25, 0.3) is 0 Å². The molecule has 1 aliphatic rings. The number of hydrogen-bond donors (Lipinski definition) is 2. The molecule has 4 nitrogen and oxygen atoms in total. The minimum Gasteiger partial charge on any atom is -0.469 e. The van der Waals surface area contributed by atoms with E-state index in [1.807, 2.05) is 13.0 Å². The highest BCUT2D eigenvalue weighted by Gasteiger charge is 2.23. The van der Waals surface area contributed by atoms with E-state index in [9.17, 15) is 5.11 Å². The van der Waals surface area contributed by atoms with Gasteiger partial charge in [0.05, 0.1) is 12.4 Å². The molecule has 1 aromatic rings. The van der Waals surface area contributed by atoms with Crippen molar-refractivity contribution in [2.45, 2.75) is 32.0 Å². The van der Waals surface area contributed by atoms with E-state index in [1.165, 1.54) is 5.56 Å². The van der Waals surface area contributed by atoms with Crippen LogP contribution in [0, 0.1) is 6.92 Å². The van der Waals surface area contributed by atoms with E-state index < -0.39 is 0 Å². The second-order valence-electron chi connectivity index (χ2n) is 4.69. The summed E-state index contributed by atoms with van der Waals surface area (Å²) < 4.78 is 5.27. The lowest BCUT2D eigenvalue weighted by Crippen LogP contribution is -2.34. The number of likely N-dealkylation sites (N-methyl/N-ethyl adjacent to an activating group) is 1. The molecule has 2 rings (SSSR count). The zero-order valence-corrected chi connectivity index (χ0v) is 9.94. The van der Waals surface area contributed by atoms with Gasteiger partial charge in [-0.3, -0.25) is 0 Å². The summed E-state index contributed by atoms with van der Waals surface area (Å²) >= 11 is 0. The standard InChI is InChI=1S/C12H20N2O2/c1-9-10(3-4-16-9)7-14(2)8-11-5-12(15)6-13-11/h3-4,11-13,15H,5-8H2,1-2H3. The Bertz CT molecular complexity index is 338. The van der Waals surface area contributed by atoms with E-state index in [0.717, 1.165) is 31.8 Å². The molecule has 0 amide bonds. The number of aliphatic hydroxyl groups is 1. The topological polar surface area (TPSA) is 48.6 Å². The van der Waals surface area contributed by atoms with Gasteiger partial charge in [-0.05, 0) is 26.5 Å². The number of furan rings is 1. The smallest absolute Gasteiger partial charge is 0.105 e. The van der Waals surface area contributed by atoms with Crippen LogP contribution < -0.4 is 5.32 Å². The van der Waals surface area contributed by atoms with Crippen LogP contribution in [0.15, 0.2) is 16.7 Å². The van der Waals surface area contributed by atoms with E-state index in [-0.39, 0.29) is 6.10 Å². The number of nitrogens with zero attached hydrogens (tertiary/aromatic N) is 1. The summed E-state index contributed by atoms with van der Waals surface area (Å²) in [5, 5.41) is 12.7. The Labute approximate surface area is 96.2 Å². The second kappa shape index (κ2) is 4.99.